The van der Waals surface area contributed by atoms with Crippen LogP contribution in [0.3, 0.4) is 0 Å². The second-order valence-electron chi connectivity index (χ2n) is 5.92. The van der Waals surface area contributed by atoms with E-state index >= 15 is 0 Å². The molecule has 1 N–H and O–H groups in total. The van der Waals surface area contributed by atoms with Crippen LogP contribution in [-0.4, -0.2) is 59.6 Å². The Kier molecular flexibility index (Phi) is 7.65. The minimum Gasteiger partial charge on any atom is -0.497 e. The first-order valence-corrected chi connectivity index (χ1v) is 9.96. The average molecular weight is 408 g/mol. The molecular formula is C19H24N2O6S. The smallest absolute Gasteiger partial charge is 0.258 e. The Bertz CT molecular complexity index is 882. The fourth-order valence-corrected chi connectivity index (χ4v) is 3.07. The van der Waals surface area contributed by atoms with E-state index in [1.165, 1.54) is 26.2 Å². The Morgan fingerprint density at radius 2 is 1.68 bits per heavy atom. The zero-order chi connectivity index (χ0) is 20.6. The number of nitrogens with one attached hydrogen (secondary N) is 1. The summed E-state index contributed by atoms with van der Waals surface area (Å²) in [5, 5.41) is 2.68. The number of hydrogen-bond donors (Lipinski definition) is 1. The minimum atomic E-state index is -3.46. The third-order valence-electron chi connectivity index (χ3n) is 3.71. The SMILES string of the molecule is COc1cccc(OCC(=O)NCCOc2ccc(S(=O)(=O)N(C)C)cc2)c1. The fourth-order valence-electron chi connectivity index (χ4n) is 2.17. The highest BCUT2D eigenvalue weighted by molar-refractivity contribution is 7.89. The molecule has 2 aromatic rings. The van der Waals surface area contributed by atoms with E-state index in [4.69, 9.17) is 14.2 Å². The molecule has 8 nitrogen and oxygen atoms in total. The van der Waals surface area contributed by atoms with Crippen molar-refractivity contribution in [1.29, 1.82) is 0 Å². The summed E-state index contributed by atoms with van der Waals surface area (Å²) in [7, 11) is 1.04. The van der Waals surface area contributed by atoms with Gasteiger partial charge in [0, 0.05) is 20.2 Å². The largest absolute Gasteiger partial charge is 0.497 e. The van der Waals surface area contributed by atoms with E-state index in [1.54, 1.807) is 43.5 Å². The summed E-state index contributed by atoms with van der Waals surface area (Å²) in [4.78, 5) is 12.0. The number of rotatable bonds is 10. The molecule has 0 atom stereocenters. The quantitative estimate of drug-likeness (QED) is 0.599. The monoisotopic (exact) mass is 408 g/mol. The highest BCUT2D eigenvalue weighted by Crippen LogP contribution is 2.19. The van der Waals surface area contributed by atoms with E-state index in [0.717, 1.165) is 4.31 Å². The van der Waals surface area contributed by atoms with Crippen LogP contribution in [0.25, 0.3) is 0 Å². The lowest BCUT2D eigenvalue weighted by Gasteiger charge is -2.12. The van der Waals surface area contributed by atoms with Gasteiger partial charge >= 0.3 is 0 Å². The van der Waals surface area contributed by atoms with Gasteiger partial charge in [-0.2, -0.15) is 0 Å². The van der Waals surface area contributed by atoms with Crippen molar-refractivity contribution in [3.05, 3.63) is 48.5 Å². The molecule has 28 heavy (non-hydrogen) atoms. The van der Waals surface area contributed by atoms with Crippen LogP contribution in [0, 0.1) is 0 Å². The minimum absolute atomic E-state index is 0.121. The number of amides is 1. The van der Waals surface area contributed by atoms with Crippen LogP contribution in [-0.2, 0) is 14.8 Å². The zero-order valence-corrected chi connectivity index (χ0v) is 16.9. The molecule has 0 heterocycles. The number of methoxy groups -OCH3 is 1. The van der Waals surface area contributed by atoms with Gasteiger partial charge in [-0.25, -0.2) is 12.7 Å². The van der Waals surface area contributed by atoms with Crippen molar-refractivity contribution >= 4 is 15.9 Å². The van der Waals surface area contributed by atoms with Crippen molar-refractivity contribution in [3.8, 4) is 17.2 Å². The number of nitrogens with zero attached hydrogens (tertiary/aromatic N) is 1. The Balaban J connectivity index is 1.71. The molecule has 2 rings (SSSR count). The van der Waals surface area contributed by atoms with E-state index in [9.17, 15) is 13.2 Å². The molecule has 0 saturated carbocycles. The Morgan fingerprint density at radius 3 is 2.32 bits per heavy atom. The Labute approximate surface area is 165 Å². The number of carbonyl (C=O) groups excluding carboxylic acids is 1. The summed E-state index contributed by atoms with van der Waals surface area (Å²) >= 11 is 0. The predicted molar refractivity (Wildman–Crippen MR) is 104 cm³/mol. The van der Waals surface area contributed by atoms with Gasteiger partial charge in [-0.1, -0.05) is 6.07 Å². The van der Waals surface area contributed by atoms with Crippen molar-refractivity contribution < 1.29 is 27.4 Å². The van der Waals surface area contributed by atoms with Crippen molar-refractivity contribution in [2.24, 2.45) is 0 Å². The lowest BCUT2D eigenvalue weighted by molar-refractivity contribution is -0.123. The second-order valence-corrected chi connectivity index (χ2v) is 8.08. The molecular weight excluding hydrogens is 384 g/mol. The molecule has 1 amide bonds. The van der Waals surface area contributed by atoms with Gasteiger partial charge in [0.2, 0.25) is 10.0 Å². The third kappa shape index (κ3) is 6.14. The molecule has 0 aliphatic heterocycles. The van der Waals surface area contributed by atoms with Gasteiger partial charge in [-0.15, -0.1) is 0 Å². The topological polar surface area (TPSA) is 94.2 Å². The van der Waals surface area contributed by atoms with E-state index in [-0.39, 0.29) is 30.6 Å². The summed E-state index contributed by atoms with van der Waals surface area (Å²) in [5.74, 6) is 1.42. The molecule has 0 spiro atoms. The number of ether oxygens (including phenoxy) is 3. The number of benzene rings is 2. The molecule has 9 heteroatoms. The van der Waals surface area contributed by atoms with Gasteiger partial charge in [-0.3, -0.25) is 4.79 Å². The van der Waals surface area contributed by atoms with E-state index < -0.39 is 10.0 Å². The fraction of sp³-hybridized carbons (Fsp3) is 0.316. The van der Waals surface area contributed by atoms with Crippen LogP contribution in [0.2, 0.25) is 0 Å². The highest BCUT2D eigenvalue weighted by Gasteiger charge is 2.16. The molecule has 0 aliphatic rings. The highest BCUT2D eigenvalue weighted by atomic mass is 32.2. The van der Waals surface area contributed by atoms with Crippen molar-refractivity contribution in [3.63, 3.8) is 0 Å². The van der Waals surface area contributed by atoms with E-state index in [0.29, 0.717) is 17.2 Å². The molecule has 0 radical (unpaired) electrons. The summed E-state index contributed by atoms with van der Waals surface area (Å²) < 4.78 is 41.1. The van der Waals surface area contributed by atoms with Gasteiger partial charge in [0.25, 0.3) is 5.91 Å². The molecule has 2 aromatic carbocycles. The second kappa shape index (κ2) is 9.95. The summed E-state index contributed by atoms with van der Waals surface area (Å²) in [5.41, 5.74) is 0. The van der Waals surface area contributed by atoms with E-state index in [1.807, 2.05) is 0 Å². The summed E-state index contributed by atoms with van der Waals surface area (Å²) in [6, 6.07) is 13.1. The van der Waals surface area contributed by atoms with Crippen molar-refractivity contribution in [2.45, 2.75) is 4.90 Å². The summed E-state index contributed by atoms with van der Waals surface area (Å²) in [6.07, 6.45) is 0. The van der Waals surface area contributed by atoms with Gasteiger partial charge in [0.15, 0.2) is 6.61 Å². The number of carbonyl (C=O) groups is 1. The maximum absolute atomic E-state index is 12.0. The van der Waals surface area contributed by atoms with Crippen LogP contribution < -0.4 is 19.5 Å². The Morgan fingerprint density at radius 1 is 1.00 bits per heavy atom. The molecule has 0 fully saturated rings. The zero-order valence-electron chi connectivity index (χ0n) is 16.0. The van der Waals surface area contributed by atoms with Gasteiger partial charge in [0.05, 0.1) is 18.6 Å². The normalized spacial score (nSPS) is 11.1. The first-order chi connectivity index (χ1) is 13.3. The number of sulfonamides is 1. The standard InChI is InChI=1S/C19H24N2O6S/c1-21(2)28(23,24)18-9-7-15(8-10-18)26-12-11-20-19(22)14-27-17-6-4-5-16(13-17)25-3/h4-10,13H,11-12,14H2,1-3H3,(H,20,22). The van der Waals surface area contributed by atoms with Crippen molar-refractivity contribution in [2.75, 3.05) is 41.0 Å². The van der Waals surface area contributed by atoms with Crippen LogP contribution in [0.5, 0.6) is 17.2 Å². The van der Waals surface area contributed by atoms with Gasteiger partial charge in [-0.05, 0) is 36.4 Å². The lowest BCUT2D eigenvalue weighted by atomic mass is 10.3. The van der Waals surface area contributed by atoms with Crippen LogP contribution >= 0.6 is 0 Å². The molecule has 0 saturated heterocycles. The maximum Gasteiger partial charge on any atom is 0.258 e. The van der Waals surface area contributed by atoms with Crippen LogP contribution in [0.1, 0.15) is 0 Å². The van der Waals surface area contributed by atoms with Crippen LogP contribution in [0.15, 0.2) is 53.4 Å². The first-order valence-electron chi connectivity index (χ1n) is 8.52. The average Bonchev–Trinajstić information content (AvgIpc) is 2.70. The van der Waals surface area contributed by atoms with Crippen molar-refractivity contribution in [1.82, 2.24) is 9.62 Å². The molecule has 0 aliphatic carbocycles. The molecule has 0 aromatic heterocycles. The Hall–Kier alpha value is -2.78. The van der Waals surface area contributed by atoms with E-state index in [2.05, 4.69) is 5.32 Å². The molecule has 0 bridgehead atoms. The maximum atomic E-state index is 12.0. The van der Waals surface area contributed by atoms with Crippen LogP contribution in [0.4, 0.5) is 0 Å². The van der Waals surface area contributed by atoms with Gasteiger partial charge in [0.1, 0.15) is 23.9 Å². The first kappa shape index (κ1) is 21.5. The third-order valence-corrected chi connectivity index (χ3v) is 5.54. The number of hydrogen-bond acceptors (Lipinski definition) is 6. The molecule has 152 valence electrons. The lowest BCUT2D eigenvalue weighted by Crippen LogP contribution is -2.32. The molecule has 0 unspecified atom stereocenters. The predicted octanol–water partition coefficient (Wildman–Crippen LogP) is 1.52. The summed E-state index contributed by atoms with van der Waals surface area (Å²) in [6.45, 7) is 0.410. The van der Waals surface area contributed by atoms with Gasteiger partial charge < -0.3 is 19.5 Å².